The van der Waals surface area contributed by atoms with Crippen molar-refractivity contribution in [3.8, 4) is 0 Å². The molecule has 0 spiro atoms. The summed E-state index contributed by atoms with van der Waals surface area (Å²) in [7, 11) is 0. The van der Waals surface area contributed by atoms with Gasteiger partial charge in [-0.3, -0.25) is 0 Å². The second-order valence-corrected chi connectivity index (χ2v) is 8.21. The molecule has 18 heavy (non-hydrogen) atoms. The van der Waals surface area contributed by atoms with E-state index in [9.17, 15) is 0 Å². The molecule has 0 fully saturated rings. The highest BCUT2D eigenvalue weighted by Crippen LogP contribution is 2.36. The monoisotopic (exact) mass is 387 g/mol. The first kappa shape index (κ1) is 14.3. The van der Waals surface area contributed by atoms with Crippen molar-refractivity contribution in [2.75, 3.05) is 0 Å². The largest absolute Gasteiger partial charge is 0.324 e. The van der Waals surface area contributed by atoms with E-state index in [1.807, 2.05) is 0 Å². The van der Waals surface area contributed by atoms with E-state index in [-0.39, 0.29) is 6.04 Å². The number of halogens is 2. The van der Waals surface area contributed by atoms with Gasteiger partial charge in [0.15, 0.2) is 0 Å². The molecule has 0 amide bonds. The molecular formula is C14H15Br2NS. The van der Waals surface area contributed by atoms with Gasteiger partial charge in [0.1, 0.15) is 0 Å². The Morgan fingerprint density at radius 1 is 1.22 bits per heavy atom. The summed E-state index contributed by atoms with van der Waals surface area (Å²) in [6.07, 6.45) is 0.875. The van der Waals surface area contributed by atoms with Gasteiger partial charge in [0, 0.05) is 6.04 Å². The lowest BCUT2D eigenvalue weighted by atomic mass is 9.94. The molecule has 2 aromatic rings. The fourth-order valence-electron chi connectivity index (χ4n) is 2.11. The van der Waals surface area contributed by atoms with Crippen molar-refractivity contribution in [1.82, 2.24) is 0 Å². The van der Waals surface area contributed by atoms with Crippen LogP contribution in [0.15, 0.2) is 31.8 Å². The molecule has 1 aromatic carbocycles. The Hall–Kier alpha value is -0.160. The zero-order valence-electron chi connectivity index (χ0n) is 10.3. The highest BCUT2D eigenvalue weighted by atomic mass is 79.9. The van der Waals surface area contributed by atoms with Gasteiger partial charge in [-0.25, -0.2) is 0 Å². The standard InChI is InChI=1S/C14H15Br2NS/c1-8-4-3-5-9(2)10(8)6-12(17)11-7-13(15)18-14(11)16/h3-5,7,12H,6,17H2,1-2H3. The van der Waals surface area contributed by atoms with E-state index in [0.29, 0.717) is 0 Å². The average molecular weight is 389 g/mol. The molecule has 0 bridgehead atoms. The molecule has 0 aliphatic heterocycles. The Balaban J connectivity index is 2.26. The Morgan fingerprint density at radius 3 is 2.33 bits per heavy atom. The summed E-state index contributed by atoms with van der Waals surface area (Å²) >= 11 is 8.75. The van der Waals surface area contributed by atoms with Gasteiger partial charge < -0.3 is 5.73 Å². The molecule has 0 saturated carbocycles. The maximum absolute atomic E-state index is 6.33. The van der Waals surface area contributed by atoms with Crippen LogP contribution in [0.4, 0.5) is 0 Å². The van der Waals surface area contributed by atoms with E-state index in [2.05, 4.69) is 70.0 Å². The first-order valence-corrected chi connectivity index (χ1v) is 8.14. The molecule has 96 valence electrons. The van der Waals surface area contributed by atoms with E-state index < -0.39 is 0 Å². The Bertz CT molecular complexity index is 543. The van der Waals surface area contributed by atoms with Gasteiger partial charge in [-0.05, 0) is 80.4 Å². The van der Waals surface area contributed by atoms with Crippen LogP contribution in [0.5, 0.6) is 0 Å². The maximum Gasteiger partial charge on any atom is 0.0758 e. The highest BCUT2D eigenvalue weighted by molar-refractivity contribution is 9.12. The fraction of sp³-hybridized carbons (Fsp3) is 0.286. The second-order valence-electron chi connectivity index (χ2n) is 4.46. The van der Waals surface area contributed by atoms with Gasteiger partial charge in [-0.1, -0.05) is 18.2 Å². The minimum Gasteiger partial charge on any atom is -0.324 e. The summed E-state index contributed by atoms with van der Waals surface area (Å²) in [4.78, 5) is 0. The molecule has 0 radical (unpaired) electrons. The third-order valence-corrected chi connectivity index (χ3v) is 5.54. The first-order valence-electron chi connectivity index (χ1n) is 5.74. The minimum absolute atomic E-state index is 0.0294. The number of thiophene rings is 1. The summed E-state index contributed by atoms with van der Waals surface area (Å²) < 4.78 is 2.23. The van der Waals surface area contributed by atoms with Crippen LogP contribution < -0.4 is 5.73 Å². The molecule has 1 atom stereocenters. The molecule has 0 aliphatic rings. The molecule has 0 aliphatic carbocycles. The molecule has 1 nitrogen and oxygen atoms in total. The zero-order valence-corrected chi connectivity index (χ0v) is 14.3. The predicted octanol–water partition coefficient (Wildman–Crippen LogP) is 5.13. The number of benzene rings is 1. The van der Waals surface area contributed by atoms with Crippen LogP contribution in [-0.4, -0.2) is 0 Å². The van der Waals surface area contributed by atoms with Crippen LogP contribution in [0.3, 0.4) is 0 Å². The quantitative estimate of drug-likeness (QED) is 0.774. The van der Waals surface area contributed by atoms with Crippen molar-refractivity contribution in [3.63, 3.8) is 0 Å². The zero-order chi connectivity index (χ0) is 13.3. The molecule has 2 N–H and O–H groups in total. The van der Waals surface area contributed by atoms with Crippen LogP contribution in [0.2, 0.25) is 0 Å². The van der Waals surface area contributed by atoms with Gasteiger partial charge in [0.2, 0.25) is 0 Å². The van der Waals surface area contributed by atoms with Gasteiger partial charge in [-0.15, -0.1) is 11.3 Å². The summed E-state index contributed by atoms with van der Waals surface area (Å²) in [6.45, 7) is 4.29. The lowest BCUT2D eigenvalue weighted by Gasteiger charge is -2.15. The third-order valence-electron chi connectivity index (χ3n) is 3.15. The van der Waals surface area contributed by atoms with Crippen LogP contribution in [0.25, 0.3) is 0 Å². The van der Waals surface area contributed by atoms with Gasteiger partial charge in [-0.2, -0.15) is 0 Å². The number of hydrogen-bond donors (Lipinski definition) is 1. The smallest absolute Gasteiger partial charge is 0.0758 e. The summed E-state index contributed by atoms with van der Waals surface area (Å²) in [5.74, 6) is 0. The number of hydrogen-bond acceptors (Lipinski definition) is 2. The van der Waals surface area contributed by atoms with Gasteiger partial charge in [0.25, 0.3) is 0 Å². The lowest BCUT2D eigenvalue weighted by molar-refractivity contribution is 0.715. The molecule has 1 heterocycles. The molecular weight excluding hydrogens is 374 g/mol. The summed E-state index contributed by atoms with van der Waals surface area (Å²) in [6, 6.07) is 8.52. The lowest BCUT2D eigenvalue weighted by Crippen LogP contribution is -2.14. The topological polar surface area (TPSA) is 26.0 Å². The van der Waals surface area contributed by atoms with Crippen LogP contribution in [-0.2, 0) is 6.42 Å². The van der Waals surface area contributed by atoms with E-state index in [4.69, 9.17) is 5.73 Å². The van der Waals surface area contributed by atoms with Crippen LogP contribution >= 0.6 is 43.2 Å². The predicted molar refractivity (Wildman–Crippen MR) is 86.3 cm³/mol. The third kappa shape index (κ3) is 3.05. The van der Waals surface area contributed by atoms with E-state index in [0.717, 1.165) is 14.0 Å². The van der Waals surface area contributed by atoms with E-state index >= 15 is 0 Å². The fourth-order valence-corrected chi connectivity index (χ4v) is 5.11. The molecule has 4 heteroatoms. The van der Waals surface area contributed by atoms with E-state index in [1.54, 1.807) is 11.3 Å². The van der Waals surface area contributed by atoms with Crippen molar-refractivity contribution in [1.29, 1.82) is 0 Å². The first-order chi connectivity index (χ1) is 8.49. The number of aryl methyl sites for hydroxylation is 2. The van der Waals surface area contributed by atoms with Gasteiger partial charge in [0.05, 0.1) is 7.57 Å². The second kappa shape index (κ2) is 5.87. The van der Waals surface area contributed by atoms with Crippen molar-refractivity contribution in [2.24, 2.45) is 5.73 Å². The molecule has 2 rings (SSSR count). The molecule has 0 saturated heterocycles. The maximum atomic E-state index is 6.33. The Labute approximate surface area is 129 Å². The van der Waals surface area contributed by atoms with Gasteiger partial charge >= 0.3 is 0 Å². The average Bonchev–Trinajstić information content (AvgIpc) is 2.63. The normalized spacial score (nSPS) is 12.7. The summed E-state index contributed by atoms with van der Waals surface area (Å²) in [5.41, 5.74) is 11.5. The van der Waals surface area contributed by atoms with Crippen molar-refractivity contribution in [2.45, 2.75) is 26.3 Å². The van der Waals surface area contributed by atoms with Crippen LogP contribution in [0.1, 0.15) is 28.3 Å². The SMILES string of the molecule is Cc1cccc(C)c1CC(N)c1cc(Br)sc1Br. The highest BCUT2D eigenvalue weighted by Gasteiger charge is 2.15. The van der Waals surface area contributed by atoms with Crippen molar-refractivity contribution in [3.05, 3.63) is 54.1 Å². The number of nitrogens with two attached hydrogens (primary N) is 1. The van der Waals surface area contributed by atoms with Crippen LogP contribution in [0, 0.1) is 13.8 Å². The minimum atomic E-state index is 0.0294. The van der Waals surface area contributed by atoms with E-state index in [1.165, 1.54) is 22.3 Å². The number of rotatable bonds is 3. The molecule has 1 unspecified atom stereocenters. The van der Waals surface area contributed by atoms with Crippen molar-refractivity contribution >= 4 is 43.2 Å². The summed E-state index contributed by atoms with van der Waals surface area (Å²) in [5, 5.41) is 0. The Kier molecular flexibility index (Phi) is 4.64. The Morgan fingerprint density at radius 2 is 1.83 bits per heavy atom. The molecule has 1 aromatic heterocycles. The van der Waals surface area contributed by atoms with Crippen molar-refractivity contribution < 1.29 is 0 Å².